The van der Waals surface area contributed by atoms with Crippen LogP contribution in [-0.4, -0.2) is 0 Å². The molecule has 0 saturated heterocycles. The van der Waals surface area contributed by atoms with Gasteiger partial charge in [0.05, 0.1) is 0 Å². The van der Waals surface area contributed by atoms with Gasteiger partial charge in [0.25, 0.3) is 21.1 Å². The largest absolute Gasteiger partial charge is 1.00 e. The van der Waals surface area contributed by atoms with Crippen LogP contribution in [0.1, 0.15) is 0 Å². The summed E-state index contributed by atoms with van der Waals surface area (Å²) in [6.45, 7) is 0. The van der Waals surface area contributed by atoms with Gasteiger partial charge in [0.1, 0.15) is 0 Å². The predicted octanol–water partition coefficient (Wildman–Crippen LogP) is -12.6. The Labute approximate surface area is 104 Å². The molecule has 0 radical (unpaired) electrons. The van der Waals surface area contributed by atoms with E-state index in [4.69, 9.17) is 10.3 Å². The van der Waals surface area contributed by atoms with E-state index in [9.17, 15) is 0 Å². The van der Waals surface area contributed by atoms with E-state index in [2.05, 4.69) is 0 Å². The van der Waals surface area contributed by atoms with Crippen LogP contribution in [0, 0.1) is 0 Å². The van der Waals surface area contributed by atoms with Gasteiger partial charge in [0.15, 0.2) is 0 Å². The van der Waals surface area contributed by atoms with E-state index in [0.717, 1.165) is 0 Å². The maximum atomic E-state index is 8.57. The third-order valence-electron chi connectivity index (χ3n) is 0. The molecule has 0 aliphatic carbocycles. The molecule has 0 saturated carbocycles. The maximum Gasteiger partial charge on any atom is 1.00 e. The molecule has 0 amide bonds. The third-order valence-corrected chi connectivity index (χ3v) is 0. The zero-order valence-electron chi connectivity index (χ0n) is 2.98. The summed E-state index contributed by atoms with van der Waals surface area (Å²) < 4.78 is 25.7. The second-order valence-corrected chi connectivity index (χ2v) is 1.27. The molecule has 0 unspecified atom stereocenters. The van der Waals surface area contributed by atoms with Crippen LogP contribution < -0.4 is 107 Å². The second kappa shape index (κ2) is 10.9. The van der Waals surface area contributed by atoms with Gasteiger partial charge in [-0.3, -0.25) is 0 Å². The van der Waals surface area contributed by atoms with E-state index in [1.165, 1.54) is 0 Å². The summed E-state index contributed by atoms with van der Waals surface area (Å²) in [4.78, 5) is 0. The normalized spacial score (nSPS) is 6.00. The van der Waals surface area contributed by atoms with Crippen molar-refractivity contribution in [3.8, 4) is 0 Å². The smallest absolute Gasteiger partial charge is 1.00 e. The molecule has 0 aliphatic heterocycles. The topological polar surface area (TPSA) is 69.2 Å². The van der Waals surface area contributed by atoms with Crippen molar-refractivity contribution >= 4 is 0 Å². The Balaban J connectivity index is -0.0000000450. The molecule has 0 rings (SSSR count). The molecule has 3 nitrogen and oxygen atoms in total. The Morgan fingerprint density at radius 1 is 1.00 bits per heavy atom. The van der Waals surface area contributed by atoms with Crippen molar-refractivity contribution in [2.24, 2.45) is 0 Å². The van der Waals surface area contributed by atoms with E-state index in [1.54, 1.807) is 0 Å². The Morgan fingerprint density at radius 2 is 1.00 bits per heavy atom. The Kier molecular flexibility index (Phi) is 29.0. The molecule has 0 fully saturated rings. The van der Waals surface area contributed by atoms with Crippen molar-refractivity contribution in [3.05, 3.63) is 0 Å². The Bertz CT molecular complexity index is 13.5. The monoisotopic (exact) mass is 341 g/mol. The zero-order valence-corrected chi connectivity index (χ0v) is 10.4. The first-order chi connectivity index (χ1) is 1.73. The van der Waals surface area contributed by atoms with Crippen LogP contribution in [0.4, 0.5) is 0 Å². The van der Waals surface area contributed by atoms with Gasteiger partial charge in [0.2, 0.25) is 0 Å². The minimum atomic E-state index is -4.01. The average Bonchev–Trinajstić information content (AvgIpc) is 0.811. The van der Waals surface area contributed by atoms with E-state index in [-0.39, 0.29) is 75.4 Å². The van der Waals surface area contributed by atoms with Crippen molar-refractivity contribution in [3.63, 3.8) is 0 Å². The molecule has 0 heterocycles. The summed E-state index contributed by atoms with van der Waals surface area (Å²) in [7, 11) is 0. The fraction of sp³-hybridized carbons (Fsp3) is 0. The van der Waals surface area contributed by atoms with Crippen LogP contribution in [0.25, 0.3) is 0 Å². The predicted molar refractivity (Wildman–Crippen MR) is 0 cm³/mol. The molecule has 6 heteroatoms. The van der Waals surface area contributed by atoms with Crippen molar-refractivity contribution in [2.75, 3.05) is 0 Å². The fourth-order valence-electron chi connectivity index (χ4n) is 0. The Hall–Kier alpha value is 2.98. The second-order valence-electron chi connectivity index (χ2n) is 0.189. The van der Waals surface area contributed by atoms with Crippen LogP contribution >= 0.6 is 0 Å². The molecule has 0 aromatic carbocycles. The summed E-state index contributed by atoms with van der Waals surface area (Å²) in [5.41, 5.74) is 0. The van der Waals surface area contributed by atoms with Gasteiger partial charge < -0.3 is 34.3 Å². The van der Waals surface area contributed by atoms with Crippen molar-refractivity contribution in [1.82, 2.24) is 0 Å². The summed E-state index contributed by atoms with van der Waals surface area (Å²) in [5.74, 6) is 0. The molecular formula is I2KO3-. The molecule has 0 N–H and O–H groups in total. The molecule has 0 aromatic rings. The Morgan fingerprint density at radius 3 is 1.00 bits per heavy atom. The first-order valence-electron chi connectivity index (χ1n) is 0.463. The van der Waals surface area contributed by atoms with Gasteiger partial charge in [-0.25, -0.2) is 0 Å². The molecule has 0 aliphatic rings. The summed E-state index contributed by atoms with van der Waals surface area (Å²) in [6.07, 6.45) is 0. The first kappa shape index (κ1) is 16.0. The summed E-state index contributed by atoms with van der Waals surface area (Å²) >= 11 is -4.01. The van der Waals surface area contributed by atoms with Crippen molar-refractivity contribution in [1.29, 1.82) is 0 Å². The molecule has 0 aromatic heterocycles. The molecule has 6 heavy (non-hydrogen) atoms. The summed E-state index contributed by atoms with van der Waals surface area (Å²) in [5, 5.41) is 0. The number of halogens is 2. The first-order valence-corrected chi connectivity index (χ1v) is 3.11. The van der Waals surface area contributed by atoms with E-state index in [0.29, 0.717) is 0 Å². The molecule has 0 spiro atoms. The van der Waals surface area contributed by atoms with Crippen LogP contribution in [0.15, 0.2) is 0 Å². The van der Waals surface area contributed by atoms with Crippen LogP contribution in [0.2, 0.25) is 0 Å². The van der Waals surface area contributed by atoms with E-state index >= 15 is 0 Å². The number of hydrogen-bond donors (Lipinski definition) is 0. The molecule has 0 atom stereocenters. The quantitative estimate of drug-likeness (QED) is 0.325. The van der Waals surface area contributed by atoms with E-state index in [1.807, 2.05) is 0 Å². The van der Waals surface area contributed by atoms with Gasteiger partial charge in [-0.2, -0.15) is 0 Å². The van der Waals surface area contributed by atoms with Crippen LogP contribution in [-0.2, 0) is 0 Å². The van der Waals surface area contributed by atoms with Gasteiger partial charge in [0, 0.05) is 0 Å². The van der Waals surface area contributed by atoms with Gasteiger partial charge >= 0.3 is 51.4 Å². The molecule has 0 bridgehead atoms. The van der Waals surface area contributed by atoms with Crippen LogP contribution in [0.3, 0.4) is 0 Å². The number of rotatable bonds is 0. The average molecular weight is 341 g/mol. The molecule has 34 valence electrons. The maximum absolute atomic E-state index is 8.57. The minimum Gasteiger partial charge on any atom is -1.00 e. The molecular weight excluding hydrogens is 341 g/mol. The van der Waals surface area contributed by atoms with Gasteiger partial charge in [-0.1, -0.05) is 0 Å². The summed E-state index contributed by atoms with van der Waals surface area (Å²) in [6, 6.07) is 0. The standard InChI is InChI=1S/IO3.HI.K/c2-1(3)4;;/h;1H;/q-1;;+1/p-1. The van der Waals surface area contributed by atoms with Gasteiger partial charge in [-0.05, 0) is 0 Å². The third kappa shape index (κ3) is 28.1. The zero-order chi connectivity index (χ0) is 3.58. The SMILES string of the molecule is [I-].[K+].[O-][I+2]([O-])[O-]. The van der Waals surface area contributed by atoms with Crippen molar-refractivity contribution in [2.45, 2.75) is 0 Å². The van der Waals surface area contributed by atoms with E-state index < -0.39 is 21.1 Å². The fourth-order valence-corrected chi connectivity index (χ4v) is 0. The van der Waals surface area contributed by atoms with Crippen LogP contribution in [0.5, 0.6) is 0 Å². The minimum absolute atomic E-state index is 0. The van der Waals surface area contributed by atoms with Gasteiger partial charge in [-0.15, -0.1) is 0 Å². The number of hydrogen-bond acceptors (Lipinski definition) is 3. The van der Waals surface area contributed by atoms with Crippen molar-refractivity contribution < 1.29 is 107 Å².